The van der Waals surface area contributed by atoms with Gasteiger partial charge in [0.05, 0.1) is 6.10 Å². The molecule has 0 spiro atoms. The van der Waals surface area contributed by atoms with Crippen molar-refractivity contribution < 1.29 is 9.90 Å². The van der Waals surface area contributed by atoms with Crippen molar-refractivity contribution in [1.82, 2.24) is 0 Å². The van der Waals surface area contributed by atoms with Gasteiger partial charge in [-0.1, -0.05) is 24.3 Å². The van der Waals surface area contributed by atoms with Crippen molar-refractivity contribution in [3.05, 3.63) is 35.4 Å². The molecule has 1 aliphatic rings. The van der Waals surface area contributed by atoms with Crippen LogP contribution in [0.15, 0.2) is 24.3 Å². The van der Waals surface area contributed by atoms with Gasteiger partial charge in [0.2, 0.25) is 0 Å². The van der Waals surface area contributed by atoms with Crippen LogP contribution in [0.2, 0.25) is 0 Å². The molecule has 80 valence electrons. The zero-order chi connectivity index (χ0) is 10.7. The summed E-state index contributed by atoms with van der Waals surface area (Å²) >= 11 is 1.87. The zero-order valence-electron chi connectivity index (χ0n) is 8.43. The first-order chi connectivity index (χ1) is 7.33. The Labute approximate surface area is 93.7 Å². The third kappa shape index (κ3) is 2.24. The second-order valence-electron chi connectivity index (χ2n) is 3.82. The fraction of sp³-hybridized carbons (Fsp3) is 0.417. The Morgan fingerprint density at radius 1 is 1.47 bits per heavy atom. The Morgan fingerprint density at radius 3 is 2.93 bits per heavy atom. The van der Waals surface area contributed by atoms with E-state index < -0.39 is 6.10 Å². The number of hydrogen-bond acceptors (Lipinski definition) is 3. The van der Waals surface area contributed by atoms with E-state index in [2.05, 4.69) is 0 Å². The SMILES string of the molecule is O=Cc1ccccc1C(O)C1CCSC1. The lowest BCUT2D eigenvalue weighted by Gasteiger charge is -2.18. The van der Waals surface area contributed by atoms with Crippen molar-refractivity contribution in [2.24, 2.45) is 5.92 Å². The molecular formula is C12H14O2S. The molecule has 15 heavy (non-hydrogen) atoms. The first-order valence-electron chi connectivity index (χ1n) is 5.13. The minimum Gasteiger partial charge on any atom is -0.388 e. The van der Waals surface area contributed by atoms with Crippen LogP contribution in [0.3, 0.4) is 0 Å². The van der Waals surface area contributed by atoms with Gasteiger partial charge in [0, 0.05) is 5.56 Å². The van der Waals surface area contributed by atoms with E-state index >= 15 is 0 Å². The number of benzene rings is 1. The number of carbonyl (C=O) groups is 1. The maximum absolute atomic E-state index is 10.8. The number of carbonyl (C=O) groups excluding carboxylic acids is 1. The molecule has 1 aliphatic heterocycles. The van der Waals surface area contributed by atoms with Gasteiger partial charge in [-0.15, -0.1) is 0 Å². The lowest BCUT2D eigenvalue weighted by Crippen LogP contribution is -2.13. The molecule has 2 unspecified atom stereocenters. The summed E-state index contributed by atoms with van der Waals surface area (Å²) in [5.74, 6) is 2.41. The van der Waals surface area contributed by atoms with E-state index in [1.807, 2.05) is 30.0 Å². The van der Waals surface area contributed by atoms with Crippen molar-refractivity contribution in [2.45, 2.75) is 12.5 Å². The van der Waals surface area contributed by atoms with Gasteiger partial charge in [0.25, 0.3) is 0 Å². The molecule has 1 N–H and O–H groups in total. The maximum atomic E-state index is 10.8. The summed E-state index contributed by atoms with van der Waals surface area (Å²) in [4.78, 5) is 10.8. The van der Waals surface area contributed by atoms with Crippen LogP contribution < -0.4 is 0 Å². The third-order valence-electron chi connectivity index (χ3n) is 2.85. The van der Waals surface area contributed by atoms with E-state index in [-0.39, 0.29) is 0 Å². The van der Waals surface area contributed by atoms with Gasteiger partial charge >= 0.3 is 0 Å². The van der Waals surface area contributed by atoms with Crippen LogP contribution >= 0.6 is 11.8 Å². The fourth-order valence-electron chi connectivity index (χ4n) is 1.94. The highest BCUT2D eigenvalue weighted by atomic mass is 32.2. The fourth-order valence-corrected chi connectivity index (χ4v) is 3.23. The Morgan fingerprint density at radius 2 is 2.27 bits per heavy atom. The first kappa shape index (κ1) is 10.7. The van der Waals surface area contributed by atoms with E-state index in [0.717, 1.165) is 29.8 Å². The quantitative estimate of drug-likeness (QED) is 0.797. The molecule has 0 radical (unpaired) electrons. The standard InChI is InChI=1S/C12H14O2S/c13-7-9-3-1-2-4-11(9)12(14)10-5-6-15-8-10/h1-4,7,10,12,14H,5-6,8H2. The smallest absolute Gasteiger partial charge is 0.150 e. The molecule has 2 atom stereocenters. The van der Waals surface area contributed by atoms with Gasteiger partial charge in [0.15, 0.2) is 0 Å². The third-order valence-corrected chi connectivity index (χ3v) is 4.04. The number of thioether (sulfide) groups is 1. The van der Waals surface area contributed by atoms with Crippen molar-refractivity contribution in [1.29, 1.82) is 0 Å². The highest BCUT2D eigenvalue weighted by Gasteiger charge is 2.26. The van der Waals surface area contributed by atoms with Crippen LogP contribution in [0.4, 0.5) is 0 Å². The molecule has 2 rings (SSSR count). The van der Waals surface area contributed by atoms with Crippen LogP contribution in [0, 0.1) is 5.92 Å². The summed E-state index contributed by atoms with van der Waals surface area (Å²) in [6.07, 6.45) is 1.38. The monoisotopic (exact) mass is 222 g/mol. The molecule has 1 aromatic carbocycles. The van der Waals surface area contributed by atoms with Gasteiger partial charge in [0.1, 0.15) is 6.29 Å². The van der Waals surface area contributed by atoms with Crippen LogP contribution in [-0.4, -0.2) is 22.9 Å². The molecule has 0 saturated carbocycles. The van der Waals surface area contributed by atoms with Gasteiger partial charge < -0.3 is 5.11 Å². The topological polar surface area (TPSA) is 37.3 Å². The summed E-state index contributed by atoms with van der Waals surface area (Å²) in [5, 5.41) is 10.2. The van der Waals surface area contributed by atoms with Crippen molar-refractivity contribution in [2.75, 3.05) is 11.5 Å². The summed E-state index contributed by atoms with van der Waals surface area (Å²) in [5.41, 5.74) is 1.39. The Balaban J connectivity index is 2.23. The van der Waals surface area contributed by atoms with Gasteiger partial charge in [-0.2, -0.15) is 11.8 Å². The predicted molar refractivity (Wildman–Crippen MR) is 62.2 cm³/mol. The zero-order valence-corrected chi connectivity index (χ0v) is 9.24. The van der Waals surface area contributed by atoms with Gasteiger partial charge in [-0.25, -0.2) is 0 Å². The summed E-state index contributed by atoms with van der Waals surface area (Å²) < 4.78 is 0. The molecule has 0 amide bonds. The van der Waals surface area contributed by atoms with E-state index in [4.69, 9.17) is 0 Å². The molecule has 1 saturated heterocycles. The predicted octanol–water partition coefficient (Wildman–Crippen LogP) is 2.29. The molecule has 2 nitrogen and oxygen atoms in total. The molecule has 1 heterocycles. The average Bonchev–Trinajstić information content (AvgIpc) is 2.81. The second-order valence-corrected chi connectivity index (χ2v) is 4.97. The summed E-state index contributed by atoms with van der Waals surface area (Å²) in [7, 11) is 0. The van der Waals surface area contributed by atoms with Crippen LogP contribution in [0.25, 0.3) is 0 Å². The van der Waals surface area contributed by atoms with Crippen molar-refractivity contribution in [3.63, 3.8) is 0 Å². The second kappa shape index (κ2) is 4.81. The van der Waals surface area contributed by atoms with Crippen LogP contribution in [0.5, 0.6) is 0 Å². The van der Waals surface area contributed by atoms with Gasteiger partial charge in [-0.05, 0) is 29.4 Å². The minimum absolute atomic E-state index is 0.302. The molecule has 0 bridgehead atoms. The van der Waals surface area contributed by atoms with E-state index in [0.29, 0.717) is 11.5 Å². The first-order valence-corrected chi connectivity index (χ1v) is 6.28. The average molecular weight is 222 g/mol. The Hall–Kier alpha value is -0.800. The molecule has 3 heteroatoms. The Kier molecular flexibility index (Phi) is 3.44. The largest absolute Gasteiger partial charge is 0.388 e. The summed E-state index contributed by atoms with van der Waals surface area (Å²) in [6, 6.07) is 7.29. The number of hydrogen-bond donors (Lipinski definition) is 1. The van der Waals surface area contributed by atoms with E-state index in [1.165, 1.54) is 0 Å². The van der Waals surface area contributed by atoms with Gasteiger partial charge in [-0.3, -0.25) is 4.79 Å². The maximum Gasteiger partial charge on any atom is 0.150 e. The Bertz CT molecular complexity index is 345. The lowest BCUT2D eigenvalue weighted by molar-refractivity contribution is 0.108. The van der Waals surface area contributed by atoms with Crippen molar-refractivity contribution >= 4 is 18.0 Å². The van der Waals surface area contributed by atoms with E-state index in [9.17, 15) is 9.90 Å². The number of aliphatic hydroxyl groups excluding tert-OH is 1. The molecule has 0 aromatic heterocycles. The molecular weight excluding hydrogens is 208 g/mol. The highest BCUT2D eigenvalue weighted by molar-refractivity contribution is 7.99. The van der Waals surface area contributed by atoms with Crippen LogP contribution in [-0.2, 0) is 0 Å². The molecule has 1 aromatic rings. The normalized spacial score (nSPS) is 22.6. The molecule has 1 fully saturated rings. The lowest BCUT2D eigenvalue weighted by atomic mass is 9.92. The molecule has 0 aliphatic carbocycles. The van der Waals surface area contributed by atoms with Crippen molar-refractivity contribution in [3.8, 4) is 0 Å². The number of rotatable bonds is 3. The minimum atomic E-state index is -0.485. The highest BCUT2D eigenvalue weighted by Crippen LogP contribution is 2.34. The van der Waals surface area contributed by atoms with E-state index in [1.54, 1.807) is 6.07 Å². The number of aliphatic hydroxyl groups is 1. The van der Waals surface area contributed by atoms with Crippen LogP contribution in [0.1, 0.15) is 28.4 Å². The number of aldehydes is 1. The summed E-state index contributed by atoms with van der Waals surface area (Å²) in [6.45, 7) is 0.